The summed E-state index contributed by atoms with van der Waals surface area (Å²) in [5, 5.41) is 13.4. The van der Waals surface area contributed by atoms with E-state index in [-0.39, 0.29) is 22.8 Å². The van der Waals surface area contributed by atoms with Gasteiger partial charge in [0, 0.05) is 25.5 Å². The lowest BCUT2D eigenvalue weighted by Crippen LogP contribution is -2.35. The number of hydrogen-bond donors (Lipinski definition) is 3. The van der Waals surface area contributed by atoms with E-state index in [1.165, 1.54) is 6.07 Å². The topological polar surface area (TPSA) is 120 Å². The lowest BCUT2D eigenvalue weighted by atomic mass is 9.98. The number of halogens is 1. The van der Waals surface area contributed by atoms with E-state index in [0.717, 1.165) is 31.3 Å². The van der Waals surface area contributed by atoms with Gasteiger partial charge in [0.15, 0.2) is 6.10 Å². The van der Waals surface area contributed by atoms with E-state index in [9.17, 15) is 14.7 Å². The quantitative estimate of drug-likeness (QED) is 0.307. The summed E-state index contributed by atoms with van der Waals surface area (Å²) in [5.74, 6) is -0.244. The predicted molar refractivity (Wildman–Crippen MR) is 148 cm³/mol. The second-order valence-electron chi connectivity index (χ2n) is 8.79. The van der Waals surface area contributed by atoms with Gasteiger partial charge in [-0.3, -0.25) is 4.79 Å². The van der Waals surface area contributed by atoms with E-state index >= 15 is 0 Å². The molecule has 4 N–H and O–H groups in total. The molecule has 1 aromatic rings. The molecule has 0 radical (unpaired) electrons. The number of carbonyl (C=O) groups excluding carboxylic acids is 2. The number of methoxy groups -OCH3 is 2. The Kier molecular flexibility index (Phi) is 15.0. The molecule has 0 aromatic heterocycles. The maximum Gasteiger partial charge on any atom is 0.405 e. The van der Waals surface area contributed by atoms with Gasteiger partial charge in [0.25, 0.3) is 5.91 Å². The van der Waals surface area contributed by atoms with Crippen LogP contribution in [0.2, 0.25) is 5.02 Å². The van der Waals surface area contributed by atoms with Crippen molar-refractivity contribution in [3.8, 4) is 5.75 Å². The third-order valence-electron chi connectivity index (χ3n) is 6.25. The van der Waals surface area contributed by atoms with Gasteiger partial charge in [-0.25, -0.2) is 4.79 Å². The van der Waals surface area contributed by atoms with Crippen molar-refractivity contribution in [2.45, 2.75) is 91.0 Å². The first-order valence-electron chi connectivity index (χ1n) is 12.8. The smallest absolute Gasteiger partial charge is 0.405 e. The van der Waals surface area contributed by atoms with Crippen molar-refractivity contribution in [3.63, 3.8) is 0 Å². The number of phenolic OH excluding ortho intramolecular Hbond substituents is 1. The molecule has 9 heteroatoms. The molecule has 0 saturated heterocycles. The van der Waals surface area contributed by atoms with Gasteiger partial charge in [-0.1, -0.05) is 37.6 Å². The van der Waals surface area contributed by atoms with Crippen LogP contribution in [-0.2, 0) is 25.4 Å². The molecule has 208 valence electrons. The number of ether oxygens (including phenoxy) is 3. The molecule has 2 amide bonds. The Labute approximate surface area is 226 Å². The van der Waals surface area contributed by atoms with Crippen LogP contribution in [0.25, 0.3) is 0 Å². The Balaban J connectivity index is 0.00000334. The number of carbonyl (C=O) groups is 2. The predicted octanol–water partition coefficient (Wildman–Crippen LogP) is 6.29. The van der Waals surface area contributed by atoms with Gasteiger partial charge in [-0.05, 0) is 82.1 Å². The molecule has 3 atom stereocenters. The van der Waals surface area contributed by atoms with Crippen molar-refractivity contribution in [2.24, 2.45) is 5.73 Å². The number of amides is 2. The van der Waals surface area contributed by atoms with E-state index < -0.39 is 18.3 Å². The first-order chi connectivity index (χ1) is 17.7. The fourth-order valence-corrected chi connectivity index (χ4v) is 4.44. The van der Waals surface area contributed by atoms with Gasteiger partial charge in [0.05, 0.1) is 17.2 Å². The Morgan fingerprint density at radius 2 is 1.76 bits per heavy atom. The maximum absolute atomic E-state index is 12.7. The standard InChI is InChI=1S/C26H37ClN2O6.C2H6/c1-16-8-5-11-20(33-3)12-7-10-18-14-19(15-21(27)23(18)30)29-25(31)17(2)9-6-13-22(34-4)24(16)35-26(28)32;1-2/h8-9,14-15,20,22,24,30H,5-7,10-13H2,1-4H3,(H2,28,32)(H,29,31);1-2H3/b16-8+,17-9+;. The normalized spacial score (nSPS) is 24.8. The highest BCUT2D eigenvalue weighted by molar-refractivity contribution is 6.32. The second kappa shape index (κ2) is 17.1. The monoisotopic (exact) mass is 538 g/mol. The average Bonchev–Trinajstić information content (AvgIpc) is 2.87. The number of aromatic hydroxyl groups is 1. The highest BCUT2D eigenvalue weighted by atomic mass is 35.5. The number of fused-ring (bicyclic) bond motifs is 2. The number of benzene rings is 1. The molecule has 8 nitrogen and oxygen atoms in total. The summed E-state index contributed by atoms with van der Waals surface area (Å²) < 4.78 is 16.7. The van der Waals surface area contributed by atoms with Crippen LogP contribution in [-0.4, -0.2) is 49.6 Å². The van der Waals surface area contributed by atoms with Crippen LogP contribution < -0.4 is 11.1 Å². The molecule has 1 aliphatic rings. The summed E-state index contributed by atoms with van der Waals surface area (Å²) in [6.07, 6.45) is 6.59. The van der Waals surface area contributed by atoms with E-state index in [4.69, 9.17) is 31.5 Å². The maximum atomic E-state index is 12.7. The number of anilines is 1. The molecule has 1 heterocycles. The van der Waals surface area contributed by atoms with E-state index in [1.807, 2.05) is 32.9 Å². The summed E-state index contributed by atoms with van der Waals surface area (Å²) in [6, 6.07) is 3.29. The van der Waals surface area contributed by atoms with Gasteiger partial charge >= 0.3 is 6.09 Å². The Hall–Kier alpha value is -2.55. The number of nitrogens with one attached hydrogen (secondary N) is 1. The molecule has 37 heavy (non-hydrogen) atoms. The first kappa shape index (κ1) is 32.5. The summed E-state index contributed by atoms with van der Waals surface area (Å²) in [5.41, 5.74) is 7.88. The van der Waals surface area contributed by atoms with Crippen LogP contribution in [0.3, 0.4) is 0 Å². The molecule has 0 fully saturated rings. The Morgan fingerprint density at radius 3 is 2.38 bits per heavy atom. The minimum absolute atomic E-state index is 0.0159. The van der Waals surface area contributed by atoms with Gasteiger partial charge in [0.1, 0.15) is 5.75 Å². The fourth-order valence-electron chi connectivity index (χ4n) is 4.20. The number of phenols is 1. The first-order valence-corrected chi connectivity index (χ1v) is 13.2. The van der Waals surface area contributed by atoms with Crippen LogP contribution >= 0.6 is 11.6 Å². The zero-order valence-electron chi connectivity index (χ0n) is 22.9. The molecule has 1 aromatic carbocycles. The van der Waals surface area contributed by atoms with Gasteiger partial charge < -0.3 is 30.4 Å². The summed E-state index contributed by atoms with van der Waals surface area (Å²) >= 11 is 6.22. The molecule has 0 spiro atoms. The minimum Gasteiger partial charge on any atom is -0.506 e. The van der Waals surface area contributed by atoms with E-state index in [0.29, 0.717) is 36.1 Å². The Bertz CT molecular complexity index is 947. The highest BCUT2D eigenvalue weighted by Gasteiger charge is 2.26. The van der Waals surface area contributed by atoms with Gasteiger partial charge in [-0.15, -0.1) is 0 Å². The SMILES string of the molecule is CC.COC1CC/C=C(\C)C(OC(N)=O)C(OC)CC/C=C(\C)C(=O)Nc2cc(Cl)c(O)c(c2)CCC1. The van der Waals surface area contributed by atoms with E-state index in [1.54, 1.807) is 27.2 Å². The molecule has 2 rings (SSSR count). The number of allylic oxidation sites excluding steroid dienone is 2. The van der Waals surface area contributed by atoms with Crippen molar-refractivity contribution < 1.29 is 28.9 Å². The number of primary amides is 1. The van der Waals surface area contributed by atoms with Crippen LogP contribution in [0.1, 0.15) is 71.8 Å². The largest absolute Gasteiger partial charge is 0.506 e. The molecular formula is C28H43ClN2O6. The number of aryl methyl sites for hydroxylation is 1. The number of hydrogen-bond acceptors (Lipinski definition) is 6. The number of rotatable bonds is 3. The zero-order chi connectivity index (χ0) is 28.0. The third-order valence-corrected chi connectivity index (χ3v) is 6.54. The molecular weight excluding hydrogens is 496 g/mol. The van der Waals surface area contributed by atoms with Crippen LogP contribution in [0.5, 0.6) is 5.75 Å². The van der Waals surface area contributed by atoms with Crippen LogP contribution in [0.15, 0.2) is 35.4 Å². The molecule has 0 aliphatic carbocycles. The lowest BCUT2D eigenvalue weighted by molar-refractivity contribution is -0.112. The van der Waals surface area contributed by atoms with Crippen molar-refractivity contribution in [1.29, 1.82) is 0 Å². The average molecular weight is 539 g/mol. The van der Waals surface area contributed by atoms with E-state index in [2.05, 4.69) is 5.32 Å². The van der Waals surface area contributed by atoms with Gasteiger partial charge in [-0.2, -0.15) is 0 Å². The van der Waals surface area contributed by atoms with Crippen molar-refractivity contribution in [3.05, 3.63) is 46.0 Å². The van der Waals surface area contributed by atoms with Crippen molar-refractivity contribution in [1.82, 2.24) is 0 Å². The zero-order valence-corrected chi connectivity index (χ0v) is 23.7. The second-order valence-corrected chi connectivity index (χ2v) is 9.20. The minimum atomic E-state index is -0.868. The third kappa shape index (κ3) is 10.8. The Morgan fingerprint density at radius 1 is 1.08 bits per heavy atom. The molecule has 2 bridgehead atoms. The fraction of sp³-hybridized carbons (Fsp3) is 0.571. The molecule has 0 saturated carbocycles. The number of nitrogens with two attached hydrogens (primary N) is 1. The summed E-state index contributed by atoms with van der Waals surface area (Å²) in [6.45, 7) is 7.60. The van der Waals surface area contributed by atoms with Crippen LogP contribution in [0.4, 0.5) is 10.5 Å². The highest BCUT2D eigenvalue weighted by Crippen LogP contribution is 2.33. The molecule has 1 aliphatic heterocycles. The van der Waals surface area contributed by atoms with Gasteiger partial charge in [0.2, 0.25) is 0 Å². The molecule has 3 unspecified atom stereocenters. The van der Waals surface area contributed by atoms with Crippen molar-refractivity contribution in [2.75, 3.05) is 19.5 Å². The summed E-state index contributed by atoms with van der Waals surface area (Å²) in [7, 11) is 3.23. The lowest BCUT2D eigenvalue weighted by Gasteiger charge is -2.26. The van der Waals surface area contributed by atoms with Crippen LogP contribution in [0, 0.1) is 0 Å². The summed E-state index contributed by atoms with van der Waals surface area (Å²) in [4.78, 5) is 24.3. The van der Waals surface area contributed by atoms with Crippen molar-refractivity contribution >= 4 is 29.3 Å².